The fraction of sp³-hybridized carbons (Fsp3) is 0.900. The standard InChI is InChI=1S/C10H17NO3/c12-6-8-5-9(13)11-7-10(8)1-3-14-4-2-10/h8,12H,1-7H2,(H,11,13)/t8-/m1/s1. The fourth-order valence-electron chi connectivity index (χ4n) is 2.55. The molecule has 0 bridgehead atoms. The topological polar surface area (TPSA) is 58.6 Å². The van der Waals surface area contributed by atoms with Gasteiger partial charge in [0.1, 0.15) is 0 Å². The highest BCUT2D eigenvalue weighted by molar-refractivity contribution is 5.77. The molecule has 2 rings (SSSR count). The summed E-state index contributed by atoms with van der Waals surface area (Å²) in [6, 6.07) is 0. The van der Waals surface area contributed by atoms with E-state index in [2.05, 4.69) is 5.32 Å². The van der Waals surface area contributed by atoms with Gasteiger partial charge in [-0.15, -0.1) is 0 Å². The summed E-state index contributed by atoms with van der Waals surface area (Å²) in [6.07, 6.45) is 2.38. The van der Waals surface area contributed by atoms with Crippen molar-refractivity contribution in [2.45, 2.75) is 19.3 Å². The molecule has 1 amide bonds. The second-order valence-electron chi connectivity index (χ2n) is 4.34. The zero-order chi connectivity index (χ0) is 10.0. The van der Waals surface area contributed by atoms with E-state index in [9.17, 15) is 9.90 Å². The first kappa shape index (κ1) is 9.93. The summed E-state index contributed by atoms with van der Waals surface area (Å²) in [5.41, 5.74) is 0.0981. The third-order valence-electron chi connectivity index (χ3n) is 3.64. The molecule has 0 aromatic rings. The van der Waals surface area contributed by atoms with Gasteiger partial charge in [-0.05, 0) is 24.2 Å². The monoisotopic (exact) mass is 199 g/mol. The number of piperidine rings is 1. The van der Waals surface area contributed by atoms with E-state index in [1.54, 1.807) is 0 Å². The second kappa shape index (κ2) is 3.87. The van der Waals surface area contributed by atoms with Crippen molar-refractivity contribution in [3.63, 3.8) is 0 Å². The number of ether oxygens (including phenoxy) is 1. The molecule has 0 aliphatic carbocycles. The molecule has 0 saturated carbocycles. The minimum Gasteiger partial charge on any atom is -0.396 e. The average Bonchev–Trinajstić information content (AvgIpc) is 2.23. The Morgan fingerprint density at radius 3 is 2.86 bits per heavy atom. The maximum atomic E-state index is 11.2. The van der Waals surface area contributed by atoms with Crippen LogP contribution in [0.3, 0.4) is 0 Å². The van der Waals surface area contributed by atoms with Crippen LogP contribution < -0.4 is 5.32 Å². The Kier molecular flexibility index (Phi) is 2.74. The van der Waals surface area contributed by atoms with Gasteiger partial charge in [0.05, 0.1) is 0 Å². The molecule has 80 valence electrons. The fourth-order valence-corrected chi connectivity index (χ4v) is 2.55. The number of amides is 1. The molecule has 0 unspecified atom stereocenters. The van der Waals surface area contributed by atoms with Gasteiger partial charge in [-0.2, -0.15) is 0 Å². The predicted octanol–water partition coefficient (Wildman–Crippen LogP) is -0.0884. The zero-order valence-electron chi connectivity index (χ0n) is 8.29. The van der Waals surface area contributed by atoms with Crippen LogP contribution in [0.15, 0.2) is 0 Å². The summed E-state index contributed by atoms with van der Waals surface area (Å²) < 4.78 is 5.32. The van der Waals surface area contributed by atoms with E-state index in [1.165, 1.54) is 0 Å². The van der Waals surface area contributed by atoms with Crippen molar-refractivity contribution in [1.29, 1.82) is 0 Å². The third-order valence-corrected chi connectivity index (χ3v) is 3.64. The SMILES string of the molecule is O=C1C[C@H](CO)C2(CCOCC2)CN1. The lowest BCUT2D eigenvalue weighted by molar-refractivity contribution is -0.132. The molecule has 1 atom stereocenters. The Labute approximate surface area is 83.6 Å². The van der Waals surface area contributed by atoms with Crippen LogP contribution in [-0.2, 0) is 9.53 Å². The average molecular weight is 199 g/mol. The van der Waals surface area contributed by atoms with Gasteiger partial charge in [0.15, 0.2) is 0 Å². The molecule has 1 spiro atoms. The highest BCUT2D eigenvalue weighted by atomic mass is 16.5. The smallest absolute Gasteiger partial charge is 0.220 e. The number of hydrogen-bond donors (Lipinski definition) is 2. The van der Waals surface area contributed by atoms with Crippen LogP contribution in [-0.4, -0.2) is 37.4 Å². The van der Waals surface area contributed by atoms with Gasteiger partial charge in [0.2, 0.25) is 5.91 Å². The molecule has 2 heterocycles. The molecule has 0 radical (unpaired) electrons. The number of aliphatic hydroxyl groups is 1. The Bertz CT molecular complexity index is 223. The maximum absolute atomic E-state index is 11.2. The van der Waals surface area contributed by atoms with Gasteiger partial charge in [0.25, 0.3) is 0 Å². The normalized spacial score (nSPS) is 31.5. The minimum atomic E-state index is 0.0705. The first-order chi connectivity index (χ1) is 6.77. The van der Waals surface area contributed by atoms with E-state index in [0.717, 1.165) is 26.1 Å². The van der Waals surface area contributed by atoms with Crippen LogP contribution in [0.5, 0.6) is 0 Å². The molecule has 2 aliphatic heterocycles. The van der Waals surface area contributed by atoms with Crippen molar-refractivity contribution in [3.05, 3.63) is 0 Å². The molecule has 4 heteroatoms. The van der Waals surface area contributed by atoms with Gasteiger partial charge in [-0.3, -0.25) is 4.79 Å². The number of hydrogen-bond acceptors (Lipinski definition) is 3. The van der Waals surface area contributed by atoms with E-state index in [-0.39, 0.29) is 23.8 Å². The van der Waals surface area contributed by atoms with Crippen molar-refractivity contribution in [1.82, 2.24) is 5.32 Å². The van der Waals surface area contributed by atoms with Crippen molar-refractivity contribution < 1.29 is 14.6 Å². The number of carbonyl (C=O) groups excluding carboxylic acids is 1. The van der Waals surface area contributed by atoms with Crippen molar-refractivity contribution in [3.8, 4) is 0 Å². The number of rotatable bonds is 1. The molecule has 2 N–H and O–H groups in total. The van der Waals surface area contributed by atoms with Crippen molar-refractivity contribution in [2.24, 2.45) is 11.3 Å². The van der Waals surface area contributed by atoms with E-state index in [1.807, 2.05) is 0 Å². The molecule has 2 fully saturated rings. The third kappa shape index (κ3) is 1.64. The van der Waals surface area contributed by atoms with Crippen molar-refractivity contribution >= 4 is 5.91 Å². The quantitative estimate of drug-likeness (QED) is 0.620. The first-order valence-electron chi connectivity index (χ1n) is 5.22. The van der Waals surface area contributed by atoms with Crippen LogP contribution in [0.25, 0.3) is 0 Å². The highest BCUT2D eigenvalue weighted by Gasteiger charge is 2.43. The van der Waals surface area contributed by atoms with Gasteiger partial charge < -0.3 is 15.2 Å². The number of nitrogens with one attached hydrogen (secondary N) is 1. The summed E-state index contributed by atoms with van der Waals surface area (Å²) in [5, 5.41) is 12.2. The summed E-state index contributed by atoms with van der Waals surface area (Å²) in [7, 11) is 0. The largest absolute Gasteiger partial charge is 0.396 e. The van der Waals surface area contributed by atoms with Gasteiger partial charge >= 0.3 is 0 Å². The van der Waals surface area contributed by atoms with Crippen LogP contribution in [0.1, 0.15) is 19.3 Å². The molecule has 4 nitrogen and oxygen atoms in total. The van der Waals surface area contributed by atoms with Gasteiger partial charge in [-0.1, -0.05) is 0 Å². The van der Waals surface area contributed by atoms with Gasteiger partial charge in [-0.25, -0.2) is 0 Å². The molecule has 2 saturated heterocycles. The van der Waals surface area contributed by atoms with E-state index in [4.69, 9.17) is 4.74 Å². The molecule has 0 aromatic carbocycles. The Morgan fingerprint density at radius 2 is 2.21 bits per heavy atom. The molecular weight excluding hydrogens is 182 g/mol. The van der Waals surface area contributed by atoms with Gasteiger partial charge in [0, 0.05) is 32.8 Å². The Morgan fingerprint density at radius 1 is 1.50 bits per heavy atom. The van der Waals surface area contributed by atoms with E-state index < -0.39 is 0 Å². The van der Waals surface area contributed by atoms with E-state index >= 15 is 0 Å². The lowest BCUT2D eigenvalue weighted by Gasteiger charge is -2.45. The second-order valence-corrected chi connectivity index (χ2v) is 4.34. The minimum absolute atomic E-state index is 0.0705. The highest BCUT2D eigenvalue weighted by Crippen LogP contribution is 2.41. The number of aliphatic hydroxyl groups excluding tert-OH is 1. The van der Waals surface area contributed by atoms with Crippen LogP contribution in [0.4, 0.5) is 0 Å². The molecule has 0 aromatic heterocycles. The van der Waals surface area contributed by atoms with Crippen LogP contribution in [0, 0.1) is 11.3 Å². The van der Waals surface area contributed by atoms with Crippen LogP contribution >= 0.6 is 0 Å². The maximum Gasteiger partial charge on any atom is 0.220 e. The zero-order valence-corrected chi connectivity index (χ0v) is 8.29. The Hall–Kier alpha value is -0.610. The summed E-state index contributed by atoms with van der Waals surface area (Å²) >= 11 is 0. The van der Waals surface area contributed by atoms with Crippen LogP contribution in [0.2, 0.25) is 0 Å². The summed E-state index contributed by atoms with van der Waals surface area (Å²) in [6.45, 7) is 2.34. The lowest BCUT2D eigenvalue weighted by Crippen LogP contribution is -2.52. The lowest BCUT2D eigenvalue weighted by atomic mass is 9.67. The van der Waals surface area contributed by atoms with E-state index in [0.29, 0.717) is 13.0 Å². The van der Waals surface area contributed by atoms with Crippen molar-refractivity contribution in [2.75, 3.05) is 26.4 Å². The summed E-state index contributed by atoms with van der Waals surface area (Å²) in [5.74, 6) is 0.196. The number of carbonyl (C=O) groups is 1. The Balaban J connectivity index is 2.10. The first-order valence-corrected chi connectivity index (χ1v) is 5.22. The molecule has 2 aliphatic rings. The molecular formula is C10H17NO3. The predicted molar refractivity (Wildman–Crippen MR) is 50.7 cm³/mol. The summed E-state index contributed by atoms with van der Waals surface area (Å²) in [4.78, 5) is 11.2. The molecule has 14 heavy (non-hydrogen) atoms.